The second-order valence-corrected chi connectivity index (χ2v) is 6.81. The molecule has 1 N–H and O–H groups in total. The molecule has 0 heterocycles. The first-order chi connectivity index (χ1) is 7.36. The minimum atomic E-state index is 0.442. The van der Waals surface area contributed by atoms with E-state index in [0.29, 0.717) is 11.0 Å². The first-order valence-corrected chi connectivity index (χ1v) is 6.74. The van der Waals surface area contributed by atoms with E-state index < -0.39 is 0 Å². The van der Waals surface area contributed by atoms with Gasteiger partial charge in [-0.1, -0.05) is 33.6 Å². The van der Waals surface area contributed by atoms with Crippen molar-refractivity contribution in [3.8, 4) is 0 Å². The van der Waals surface area contributed by atoms with Gasteiger partial charge in [0.1, 0.15) is 0 Å². The van der Waals surface area contributed by atoms with Crippen molar-refractivity contribution in [2.24, 2.45) is 5.41 Å². The number of nitrogens with one attached hydrogen (secondary N) is 1. The third-order valence-electron chi connectivity index (χ3n) is 3.99. The van der Waals surface area contributed by atoms with E-state index in [0.717, 1.165) is 13.1 Å². The van der Waals surface area contributed by atoms with Gasteiger partial charge in [-0.3, -0.25) is 0 Å². The molecule has 0 atom stereocenters. The van der Waals surface area contributed by atoms with Gasteiger partial charge >= 0.3 is 0 Å². The number of hydrogen-bond acceptors (Lipinski definition) is 2. The normalized spacial score (nSPS) is 20.6. The lowest BCUT2D eigenvalue weighted by molar-refractivity contribution is 0.152. The van der Waals surface area contributed by atoms with E-state index in [1.165, 1.54) is 32.1 Å². The van der Waals surface area contributed by atoms with Gasteiger partial charge in [-0.25, -0.2) is 0 Å². The van der Waals surface area contributed by atoms with Gasteiger partial charge in [0.2, 0.25) is 0 Å². The summed E-state index contributed by atoms with van der Waals surface area (Å²) in [6, 6.07) is 0. The molecule has 1 saturated carbocycles. The second-order valence-electron chi connectivity index (χ2n) is 6.81. The number of nitrogens with zero attached hydrogens (tertiary/aromatic N) is 1. The first-order valence-electron chi connectivity index (χ1n) is 6.74. The Morgan fingerprint density at radius 3 is 2.12 bits per heavy atom. The molecule has 1 aliphatic rings. The summed E-state index contributed by atoms with van der Waals surface area (Å²) < 4.78 is 0. The first kappa shape index (κ1) is 14.0. The molecule has 96 valence electrons. The van der Waals surface area contributed by atoms with Crippen molar-refractivity contribution < 1.29 is 0 Å². The van der Waals surface area contributed by atoms with Crippen LogP contribution in [0.2, 0.25) is 0 Å². The van der Waals surface area contributed by atoms with Crippen LogP contribution in [0.4, 0.5) is 0 Å². The van der Waals surface area contributed by atoms with Gasteiger partial charge in [0.05, 0.1) is 0 Å². The van der Waals surface area contributed by atoms with Gasteiger partial charge < -0.3 is 10.2 Å². The summed E-state index contributed by atoms with van der Waals surface area (Å²) in [7, 11) is 4.47. The molecule has 16 heavy (non-hydrogen) atoms. The van der Waals surface area contributed by atoms with Crippen LogP contribution in [0.5, 0.6) is 0 Å². The lowest BCUT2D eigenvalue weighted by Crippen LogP contribution is -2.49. The van der Waals surface area contributed by atoms with Crippen LogP contribution in [0.1, 0.15) is 52.9 Å². The second kappa shape index (κ2) is 5.50. The minimum absolute atomic E-state index is 0.442. The SMILES string of the molecule is CN(C)C1(CNCCC(C)(C)C)CCCC1. The Morgan fingerprint density at radius 1 is 1.12 bits per heavy atom. The maximum Gasteiger partial charge on any atom is 0.0327 e. The van der Waals surface area contributed by atoms with Gasteiger partial charge in [0, 0.05) is 12.1 Å². The van der Waals surface area contributed by atoms with E-state index >= 15 is 0 Å². The zero-order chi connectivity index (χ0) is 12.2. The third kappa shape index (κ3) is 4.06. The Balaban J connectivity index is 2.29. The highest BCUT2D eigenvalue weighted by molar-refractivity contribution is 4.94. The van der Waals surface area contributed by atoms with E-state index in [4.69, 9.17) is 0 Å². The van der Waals surface area contributed by atoms with Crippen LogP contribution in [0.3, 0.4) is 0 Å². The number of rotatable bonds is 5. The number of hydrogen-bond donors (Lipinski definition) is 1. The van der Waals surface area contributed by atoms with Crippen LogP contribution in [0, 0.1) is 5.41 Å². The molecular formula is C14H30N2. The topological polar surface area (TPSA) is 15.3 Å². The fourth-order valence-electron chi connectivity index (χ4n) is 2.60. The van der Waals surface area contributed by atoms with Crippen molar-refractivity contribution in [1.29, 1.82) is 0 Å². The molecule has 2 heteroatoms. The predicted molar refractivity (Wildman–Crippen MR) is 71.8 cm³/mol. The van der Waals surface area contributed by atoms with Crippen LogP contribution < -0.4 is 5.32 Å². The molecule has 0 aromatic carbocycles. The van der Waals surface area contributed by atoms with Crippen molar-refractivity contribution >= 4 is 0 Å². The summed E-state index contributed by atoms with van der Waals surface area (Å²) in [6.07, 6.45) is 6.79. The molecule has 0 aliphatic heterocycles. The molecular weight excluding hydrogens is 196 g/mol. The van der Waals surface area contributed by atoms with E-state index in [-0.39, 0.29) is 0 Å². The minimum Gasteiger partial charge on any atom is -0.315 e. The summed E-state index contributed by atoms with van der Waals surface area (Å²) >= 11 is 0. The lowest BCUT2D eigenvalue weighted by Gasteiger charge is -2.37. The third-order valence-corrected chi connectivity index (χ3v) is 3.99. The summed E-state index contributed by atoms with van der Waals surface area (Å²) in [6.45, 7) is 9.25. The highest BCUT2D eigenvalue weighted by atomic mass is 15.2. The maximum atomic E-state index is 3.66. The van der Waals surface area contributed by atoms with E-state index in [1.54, 1.807) is 0 Å². The van der Waals surface area contributed by atoms with Crippen LogP contribution in [-0.2, 0) is 0 Å². The summed E-state index contributed by atoms with van der Waals surface area (Å²) in [5.41, 5.74) is 0.895. The fourth-order valence-corrected chi connectivity index (χ4v) is 2.60. The van der Waals surface area contributed by atoms with Gasteiger partial charge in [-0.15, -0.1) is 0 Å². The van der Waals surface area contributed by atoms with E-state index in [9.17, 15) is 0 Å². The van der Waals surface area contributed by atoms with E-state index in [2.05, 4.69) is 45.1 Å². The van der Waals surface area contributed by atoms with Crippen molar-refractivity contribution in [3.05, 3.63) is 0 Å². The van der Waals surface area contributed by atoms with Gasteiger partial charge in [-0.2, -0.15) is 0 Å². The monoisotopic (exact) mass is 226 g/mol. The number of likely N-dealkylation sites (N-methyl/N-ethyl adjacent to an activating group) is 1. The fraction of sp³-hybridized carbons (Fsp3) is 1.00. The maximum absolute atomic E-state index is 3.66. The highest BCUT2D eigenvalue weighted by Gasteiger charge is 2.35. The largest absolute Gasteiger partial charge is 0.315 e. The summed E-state index contributed by atoms with van der Waals surface area (Å²) in [5, 5.41) is 3.66. The zero-order valence-electron chi connectivity index (χ0n) is 11.9. The Bertz CT molecular complexity index is 197. The molecule has 0 spiro atoms. The Labute approximate surface area is 102 Å². The van der Waals surface area contributed by atoms with Crippen molar-refractivity contribution in [1.82, 2.24) is 10.2 Å². The molecule has 0 unspecified atom stereocenters. The molecule has 1 aliphatic carbocycles. The molecule has 0 amide bonds. The van der Waals surface area contributed by atoms with Crippen molar-refractivity contribution in [3.63, 3.8) is 0 Å². The highest BCUT2D eigenvalue weighted by Crippen LogP contribution is 2.33. The smallest absolute Gasteiger partial charge is 0.0327 e. The van der Waals surface area contributed by atoms with Crippen molar-refractivity contribution in [2.75, 3.05) is 27.2 Å². The Morgan fingerprint density at radius 2 is 1.69 bits per heavy atom. The predicted octanol–water partition coefficient (Wildman–Crippen LogP) is 2.89. The Kier molecular flexibility index (Phi) is 4.81. The summed E-state index contributed by atoms with van der Waals surface area (Å²) in [5.74, 6) is 0. The average Bonchev–Trinajstić information content (AvgIpc) is 2.60. The molecule has 0 bridgehead atoms. The molecule has 1 fully saturated rings. The van der Waals surface area contributed by atoms with Crippen LogP contribution in [0.25, 0.3) is 0 Å². The lowest BCUT2D eigenvalue weighted by atomic mass is 9.91. The van der Waals surface area contributed by atoms with Gasteiger partial charge in [0.15, 0.2) is 0 Å². The van der Waals surface area contributed by atoms with Gasteiger partial charge in [-0.05, 0) is 45.3 Å². The van der Waals surface area contributed by atoms with Crippen LogP contribution in [0.15, 0.2) is 0 Å². The standard InChI is InChI=1S/C14H30N2/c1-13(2,3)10-11-15-12-14(16(4)5)8-6-7-9-14/h15H,6-12H2,1-5H3. The van der Waals surface area contributed by atoms with Crippen LogP contribution >= 0.6 is 0 Å². The molecule has 2 nitrogen and oxygen atoms in total. The van der Waals surface area contributed by atoms with Gasteiger partial charge in [0.25, 0.3) is 0 Å². The molecule has 0 aromatic rings. The molecule has 0 radical (unpaired) electrons. The summed E-state index contributed by atoms with van der Waals surface area (Å²) in [4.78, 5) is 2.43. The average molecular weight is 226 g/mol. The molecule has 0 aromatic heterocycles. The zero-order valence-corrected chi connectivity index (χ0v) is 11.9. The van der Waals surface area contributed by atoms with Crippen molar-refractivity contribution in [2.45, 2.75) is 58.4 Å². The Hall–Kier alpha value is -0.0800. The van der Waals surface area contributed by atoms with E-state index in [1.807, 2.05) is 0 Å². The molecule has 1 rings (SSSR count). The van der Waals surface area contributed by atoms with Crippen LogP contribution in [-0.4, -0.2) is 37.6 Å². The quantitative estimate of drug-likeness (QED) is 0.725. The molecule has 0 saturated heterocycles.